The minimum Gasteiger partial charge on any atom is -0.497 e. The fourth-order valence-corrected chi connectivity index (χ4v) is 4.12. The van der Waals surface area contributed by atoms with Gasteiger partial charge in [-0.25, -0.2) is 0 Å². The second kappa shape index (κ2) is 10.2. The highest BCUT2D eigenvalue weighted by molar-refractivity contribution is 5.95. The van der Waals surface area contributed by atoms with Gasteiger partial charge in [-0.2, -0.15) is 0 Å². The third kappa shape index (κ3) is 5.03. The molecule has 1 atom stereocenters. The molecule has 3 aromatic carbocycles. The van der Waals surface area contributed by atoms with E-state index in [1.807, 2.05) is 66.7 Å². The fourth-order valence-electron chi connectivity index (χ4n) is 4.12. The van der Waals surface area contributed by atoms with Crippen LogP contribution in [0.1, 0.15) is 11.6 Å². The fraction of sp³-hybridized carbons (Fsp3) is 0.269. The van der Waals surface area contributed by atoms with E-state index >= 15 is 0 Å². The minimum absolute atomic E-state index is 0.0423. The summed E-state index contributed by atoms with van der Waals surface area (Å²) >= 11 is 0. The Balaban J connectivity index is 1.50. The molecule has 4 rings (SSSR count). The van der Waals surface area contributed by atoms with Crippen LogP contribution >= 0.6 is 0 Å². The number of anilines is 2. The van der Waals surface area contributed by atoms with E-state index in [1.54, 1.807) is 14.2 Å². The van der Waals surface area contributed by atoms with E-state index < -0.39 is 0 Å². The Hall–Kier alpha value is -3.51. The van der Waals surface area contributed by atoms with E-state index in [2.05, 4.69) is 27.2 Å². The number of nitrogens with one attached hydrogen (secondary N) is 1. The Kier molecular flexibility index (Phi) is 6.92. The quantitative estimate of drug-likeness (QED) is 0.608. The second-order valence-corrected chi connectivity index (χ2v) is 7.76. The van der Waals surface area contributed by atoms with Gasteiger partial charge in [0.1, 0.15) is 17.5 Å². The molecule has 1 fully saturated rings. The number of amides is 1. The van der Waals surface area contributed by atoms with Gasteiger partial charge < -0.3 is 19.7 Å². The van der Waals surface area contributed by atoms with E-state index in [0.29, 0.717) is 5.75 Å². The first-order valence-electron chi connectivity index (χ1n) is 10.8. The van der Waals surface area contributed by atoms with Crippen LogP contribution in [0, 0.1) is 0 Å². The van der Waals surface area contributed by atoms with Crippen LogP contribution in [0.15, 0.2) is 78.9 Å². The van der Waals surface area contributed by atoms with Gasteiger partial charge in [-0.05, 0) is 29.8 Å². The van der Waals surface area contributed by atoms with E-state index in [4.69, 9.17) is 9.47 Å². The van der Waals surface area contributed by atoms with Crippen molar-refractivity contribution in [2.75, 3.05) is 50.6 Å². The maximum Gasteiger partial charge on any atom is 0.246 e. The zero-order valence-electron chi connectivity index (χ0n) is 18.5. The number of carbonyl (C=O) groups is 1. The molecule has 0 bridgehead atoms. The first kappa shape index (κ1) is 21.7. The zero-order valence-corrected chi connectivity index (χ0v) is 18.5. The SMILES string of the molecule is COc1cccc(NC(=O)[C@H](c2ccccc2)N2CCN(c3cccc(OC)c3)CC2)c1. The highest BCUT2D eigenvalue weighted by Gasteiger charge is 2.30. The predicted molar refractivity (Wildman–Crippen MR) is 128 cm³/mol. The van der Waals surface area contributed by atoms with Crippen molar-refractivity contribution in [3.8, 4) is 11.5 Å². The largest absolute Gasteiger partial charge is 0.497 e. The average molecular weight is 432 g/mol. The molecule has 32 heavy (non-hydrogen) atoms. The van der Waals surface area contributed by atoms with Gasteiger partial charge in [-0.1, -0.05) is 42.5 Å². The van der Waals surface area contributed by atoms with Crippen LogP contribution in [0.5, 0.6) is 11.5 Å². The summed E-state index contributed by atoms with van der Waals surface area (Å²) in [4.78, 5) is 18.0. The van der Waals surface area contributed by atoms with Crippen molar-refractivity contribution in [2.45, 2.75) is 6.04 Å². The molecule has 6 heteroatoms. The van der Waals surface area contributed by atoms with E-state index in [1.165, 1.54) is 0 Å². The lowest BCUT2D eigenvalue weighted by atomic mass is 10.0. The molecular weight excluding hydrogens is 402 g/mol. The van der Waals surface area contributed by atoms with E-state index in [9.17, 15) is 4.79 Å². The molecule has 1 aliphatic rings. The number of benzene rings is 3. The maximum atomic E-state index is 13.4. The van der Waals surface area contributed by atoms with Gasteiger partial charge in [0, 0.05) is 49.7 Å². The van der Waals surface area contributed by atoms with Crippen molar-refractivity contribution in [1.82, 2.24) is 4.90 Å². The first-order chi connectivity index (χ1) is 15.7. The van der Waals surface area contributed by atoms with Crippen LogP contribution in [0.3, 0.4) is 0 Å². The highest BCUT2D eigenvalue weighted by Crippen LogP contribution is 2.28. The van der Waals surface area contributed by atoms with Gasteiger partial charge in [0.2, 0.25) is 5.91 Å². The molecule has 166 valence electrons. The summed E-state index contributed by atoms with van der Waals surface area (Å²) in [5, 5.41) is 3.08. The topological polar surface area (TPSA) is 54.0 Å². The zero-order chi connectivity index (χ0) is 22.3. The molecule has 0 spiro atoms. The number of piperazine rings is 1. The van der Waals surface area contributed by atoms with Crippen molar-refractivity contribution in [1.29, 1.82) is 0 Å². The standard InChI is InChI=1S/C26H29N3O3/c1-31-23-12-6-10-21(18-23)27-26(30)25(20-8-4-3-5-9-20)29-16-14-28(15-17-29)22-11-7-13-24(19-22)32-2/h3-13,18-19,25H,14-17H2,1-2H3,(H,27,30)/t25-/m0/s1. The van der Waals surface area contributed by atoms with Crippen molar-refractivity contribution < 1.29 is 14.3 Å². The third-order valence-electron chi connectivity index (χ3n) is 5.80. The van der Waals surface area contributed by atoms with Gasteiger partial charge in [-0.15, -0.1) is 0 Å². The lowest BCUT2D eigenvalue weighted by molar-refractivity contribution is -0.121. The summed E-state index contributed by atoms with van der Waals surface area (Å²) in [7, 11) is 3.30. The minimum atomic E-state index is -0.366. The summed E-state index contributed by atoms with van der Waals surface area (Å²) < 4.78 is 10.7. The molecule has 6 nitrogen and oxygen atoms in total. The number of carbonyl (C=O) groups excluding carboxylic acids is 1. The number of methoxy groups -OCH3 is 2. The third-order valence-corrected chi connectivity index (χ3v) is 5.80. The molecule has 1 amide bonds. The summed E-state index contributed by atoms with van der Waals surface area (Å²) in [5.41, 5.74) is 2.86. The normalized spacial score (nSPS) is 15.1. The Labute approximate surface area is 189 Å². The Bertz CT molecular complexity index is 1030. The molecule has 1 heterocycles. The molecule has 0 saturated carbocycles. The van der Waals surface area contributed by atoms with Crippen LogP contribution in [0.4, 0.5) is 11.4 Å². The Morgan fingerprint density at radius 2 is 1.47 bits per heavy atom. The molecule has 1 N–H and O–H groups in total. The van der Waals surface area contributed by atoms with Crippen molar-refractivity contribution in [3.63, 3.8) is 0 Å². The summed E-state index contributed by atoms with van der Waals surface area (Å²) in [5.74, 6) is 1.52. The van der Waals surface area contributed by atoms with Crippen molar-refractivity contribution >= 4 is 17.3 Å². The van der Waals surface area contributed by atoms with Gasteiger partial charge in [0.15, 0.2) is 0 Å². The maximum absolute atomic E-state index is 13.4. The molecule has 0 aliphatic carbocycles. The number of hydrogen-bond acceptors (Lipinski definition) is 5. The van der Waals surface area contributed by atoms with Gasteiger partial charge in [0.05, 0.1) is 14.2 Å². The summed E-state index contributed by atoms with van der Waals surface area (Å²) in [6, 6.07) is 25.2. The molecule has 1 saturated heterocycles. The molecule has 0 aromatic heterocycles. The van der Waals surface area contributed by atoms with Gasteiger partial charge in [-0.3, -0.25) is 9.69 Å². The summed E-state index contributed by atoms with van der Waals surface area (Å²) in [6.45, 7) is 3.23. The number of hydrogen-bond donors (Lipinski definition) is 1. The molecule has 0 radical (unpaired) electrons. The monoisotopic (exact) mass is 431 g/mol. The van der Waals surface area contributed by atoms with E-state index in [0.717, 1.165) is 48.9 Å². The predicted octanol–water partition coefficient (Wildman–Crippen LogP) is 4.21. The molecule has 3 aromatic rings. The van der Waals surface area contributed by atoms with Crippen LogP contribution < -0.4 is 19.7 Å². The molecule has 1 aliphatic heterocycles. The summed E-state index contributed by atoms with van der Waals surface area (Å²) in [6.07, 6.45) is 0. The smallest absolute Gasteiger partial charge is 0.246 e. The van der Waals surface area contributed by atoms with Gasteiger partial charge in [0.25, 0.3) is 0 Å². The Morgan fingerprint density at radius 1 is 0.812 bits per heavy atom. The van der Waals surface area contributed by atoms with Crippen LogP contribution in [0.25, 0.3) is 0 Å². The van der Waals surface area contributed by atoms with Gasteiger partial charge >= 0.3 is 0 Å². The van der Waals surface area contributed by atoms with Crippen LogP contribution in [-0.2, 0) is 4.79 Å². The number of nitrogens with zero attached hydrogens (tertiary/aromatic N) is 2. The second-order valence-electron chi connectivity index (χ2n) is 7.76. The first-order valence-corrected chi connectivity index (χ1v) is 10.8. The lowest BCUT2D eigenvalue weighted by Gasteiger charge is -2.39. The van der Waals surface area contributed by atoms with Crippen molar-refractivity contribution in [3.05, 3.63) is 84.4 Å². The van der Waals surface area contributed by atoms with E-state index in [-0.39, 0.29) is 11.9 Å². The molecular formula is C26H29N3O3. The van der Waals surface area contributed by atoms with Crippen molar-refractivity contribution in [2.24, 2.45) is 0 Å². The highest BCUT2D eigenvalue weighted by atomic mass is 16.5. The lowest BCUT2D eigenvalue weighted by Crippen LogP contribution is -2.50. The van der Waals surface area contributed by atoms with Crippen LogP contribution in [0.2, 0.25) is 0 Å². The molecule has 0 unspecified atom stereocenters. The number of ether oxygens (including phenoxy) is 2. The van der Waals surface area contributed by atoms with Crippen LogP contribution in [-0.4, -0.2) is 51.2 Å². The number of rotatable bonds is 7. The Morgan fingerprint density at radius 3 is 2.16 bits per heavy atom. The average Bonchev–Trinajstić information content (AvgIpc) is 2.85.